The molecule has 0 atom stereocenters. The Bertz CT molecular complexity index is 1270. The first-order chi connectivity index (χ1) is 15.1. The molecule has 5 rings (SSSR count). The highest BCUT2D eigenvalue weighted by atomic mass is 35.5. The first kappa shape index (κ1) is 20.3. The van der Waals surface area contributed by atoms with Crippen LogP contribution in [-0.2, 0) is 6.54 Å². The van der Waals surface area contributed by atoms with Gasteiger partial charge >= 0.3 is 5.69 Å². The molecule has 0 unspecified atom stereocenters. The molecule has 0 bridgehead atoms. The molecule has 0 amide bonds. The lowest BCUT2D eigenvalue weighted by atomic mass is 9.89. The third-order valence-corrected chi connectivity index (χ3v) is 6.56. The van der Waals surface area contributed by atoms with Gasteiger partial charge in [-0.1, -0.05) is 66.7 Å². The zero-order chi connectivity index (χ0) is 21.4. The second-order valence-electron chi connectivity index (χ2n) is 8.15. The van der Waals surface area contributed by atoms with E-state index in [4.69, 9.17) is 28.3 Å². The van der Waals surface area contributed by atoms with Crippen molar-refractivity contribution >= 4 is 28.8 Å². The molecular formula is C24H22Cl2N4O. The number of hydrogen-bond donors (Lipinski definition) is 0. The maximum absolute atomic E-state index is 13.1. The Balaban J connectivity index is 1.69. The Morgan fingerprint density at radius 2 is 1.48 bits per heavy atom. The van der Waals surface area contributed by atoms with Crippen molar-refractivity contribution in [2.45, 2.75) is 38.6 Å². The van der Waals surface area contributed by atoms with E-state index in [1.165, 1.54) is 23.8 Å². The fraction of sp³-hybridized carbons (Fsp3) is 0.292. The molecule has 5 nitrogen and oxygen atoms in total. The fourth-order valence-corrected chi connectivity index (χ4v) is 4.69. The smallest absolute Gasteiger partial charge is 0.244 e. The van der Waals surface area contributed by atoms with Crippen LogP contribution in [0.25, 0.3) is 27.9 Å². The van der Waals surface area contributed by atoms with E-state index in [-0.39, 0.29) is 5.69 Å². The van der Waals surface area contributed by atoms with Gasteiger partial charge in [0.25, 0.3) is 0 Å². The van der Waals surface area contributed by atoms with Crippen LogP contribution in [0.3, 0.4) is 0 Å². The summed E-state index contributed by atoms with van der Waals surface area (Å²) >= 11 is 12.2. The maximum atomic E-state index is 13.1. The molecule has 158 valence electrons. The Labute approximate surface area is 190 Å². The van der Waals surface area contributed by atoms with Gasteiger partial charge < -0.3 is 0 Å². The number of halogens is 2. The average Bonchev–Trinajstić information content (AvgIpc) is 3.10. The van der Waals surface area contributed by atoms with Crippen LogP contribution in [0.5, 0.6) is 0 Å². The summed E-state index contributed by atoms with van der Waals surface area (Å²) < 4.78 is 3.00. The van der Waals surface area contributed by atoms with Gasteiger partial charge in [-0.15, -0.1) is 5.10 Å². The van der Waals surface area contributed by atoms with Crippen molar-refractivity contribution in [3.8, 4) is 22.3 Å². The highest BCUT2D eigenvalue weighted by Crippen LogP contribution is 2.35. The molecule has 1 aliphatic rings. The van der Waals surface area contributed by atoms with Gasteiger partial charge in [0.1, 0.15) is 0 Å². The molecule has 2 aromatic heterocycles. The van der Waals surface area contributed by atoms with E-state index in [2.05, 4.69) is 5.10 Å². The molecule has 1 fully saturated rings. The largest absolute Gasteiger partial charge is 0.367 e. The third kappa shape index (κ3) is 4.00. The monoisotopic (exact) mass is 452 g/mol. The number of fused-ring (bicyclic) bond motifs is 1. The van der Waals surface area contributed by atoms with E-state index in [9.17, 15) is 4.79 Å². The fourth-order valence-electron chi connectivity index (χ4n) is 4.44. The Morgan fingerprint density at radius 1 is 0.871 bits per heavy atom. The minimum absolute atomic E-state index is 0.196. The second kappa shape index (κ2) is 8.48. The zero-order valence-electron chi connectivity index (χ0n) is 17.0. The predicted molar refractivity (Wildman–Crippen MR) is 125 cm³/mol. The topological polar surface area (TPSA) is 52.2 Å². The standard InChI is InChI=1S/C24H22Cl2N4O/c25-19-10-6-17(7-11-19)21-14-27-30-23(22(21)18-8-12-20(26)13-9-18)28-29(24(30)31)15-16-4-2-1-3-5-16/h6-14,16H,1-5,15H2. The summed E-state index contributed by atoms with van der Waals surface area (Å²) in [5.74, 6) is 0.492. The summed E-state index contributed by atoms with van der Waals surface area (Å²) in [5, 5.41) is 10.5. The third-order valence-electron chi connectivity index (χ3n) is 6.06. The van der Waals surface area contributed by atoms with Crippen LogP contribution in [0.1, 0.15) is 32.1 Å². The van der Waals surface area contributed by atoms with Crippen LogP contribution in [0.2, 0.25) is 10.0 Å². The molecule has 0 aliphatic heterocycles. The molecule has 2 heterocycles. The Morgan fingerprint density at radius 3 is 2.13 bits per heavy atom. The molecule has 0 N–H and O–H groups in total. The van der Waals surface area contributed by atoms with Crippen LogP contribution < -0.4 is 5.69 Å². The van der Waals surface area contributed by atoms with Gasteiger partial charge in [-0.05, 0) is 54.2 Å². The van der Waals surface area contributed by atoms with E-state index >= 15 is 0 Å². The molecule has 7 heteroatoms. The summed E-state index contributed by atoms with van der Waals surface area (Å²) in [6.07, 6.45) is 7.75. The molecule has 2 aromatic carbocycles. The van der Waals surface area contributed by atoms with E-state index < -0.39 is 0 Å². The molecule has 1 aliphatic carbocycles. The van der Waals surface area contributed by atoms with Gasteiger partial charge in [0.05, 0.1) is 6.20 Å². The lowest BCUT2D eigenvalue weighted by molar-refractivity contribution is 0.304. The van der Waals surface area contributed by atoms with Gasteiger partial charge in [0.15, 0.2) is 5.65 Å². The normalized spacial score (nSPS) is 14.9. The molecule has 31 heavy (non-hydrogen) atoms. The number of rotatable bonds is 4. The second-order valence-corrected chi connectivity index (χ2v) is 9.02. The van der Waals surface area contributed by atoms with Crippen LogP contribution in [0, 0.1) is 5.92 Å². The average molecular weight is 453 g/mol. The van der Waals surface area contributed by atoms with Crippen molar-refractivity contribution in [2.75, 3.05) is 0 Å². The van der Waals surface area contributed by atoms with E-state index in [1.807, 2.05) is 48.5 Å². The minimum atomic E-state index is -0.196. The lowest BCUT2D eigenvalue weighted by Crippen LogP contribution is -2.26. The summed E-state index contributed by atoms with van der Waals surface area (Å²) in [5.41, 5.74) is 3.99. The Hall–Kier alpha value is -2.63. The van der Waals surface area contributed by atoms with Gasteiger partial charge in [0, 0.05) is 27.7 Å². The minimum Gasteiger partial charge on any atom is -0.244 e. The van der Waals surface area contributed by atoms with E-state index in [0.717, 1.165) is 35.1 Å². The summed E-state index contributed by atoms with van der Waals surface area (Å²) in [7, 11) is 0. The first-order valence-corrected chi connectivity index (χ1v) is 11.4. The van der Waals surface area contributed by atoms with Crippen molar-refractivity contribution < 1.29 is 0 Å². The van der Waals surface area contributed by atoms with Gasteiger partial charge in [0.2, 0.25) is 0 Å². The molecule has 1 saturated carbocycles. The molecule has 0 saturated heterocycles. The number of benzene rings is 2. The molecule has 4 aromatic rings. The molecule has 0 spiro atoms. The highest BCUT2D eigenvalue weighted by Gasteiger charge is 2.21. The van der Waals surface area contributed by atoms with Crippen molar-refractivity contribution in [3.63, 3.8) is 0 Å². The van der Waals surface area contributed by atoms with Crippen molar-refractivity contribution in [3.05, 3.63) is 75.3 Å². The molecule has 0 radical (unpaired) electrons. The van der Waals surface area contributed by atoms with Crippen molar-refractivity contribution in [1.29, 1.82) is 0 Å². The summed E-state index contributed by atoms with van der Waals surface area (Å²) in [6, 6.07) is 15.2. The number of hydrogen-bond acceptors (Lipinski definition) is 3. The first-order valence-electron chi connectivity index (χ1n) is 10.6. The summed E-state index contributed by atoms with van der Waals surface area (Å²) in [6.45, 7) is 0.637. The van der Waals surface area contributed by atoms with Crippen molar-refractivity contribution in [2.24, 2.45) is 5.92 Å². The van der Waals surface area contributed by atoms with Gasteiger partial charge in [-0.2, -0.15) is 9.61 Å². The number of nitrogens with zero attached hydrogens (tertiary/aromatic N) is 4. The van der Waals surface area contributed by atoms with Crippen LogP contribution in [-0.4, -0.2) is 19.4 Å². The number of aromatic nitrogens is 4. The highest BCUT2D eigenvalue weighted by molar-refractivity contribution is 6.31. The van der Waals surface area contributed by atoms with E-state index in [1.54, 1.807) is 10.9 Å². The van der Waals surface area contributed by atoms with Crippen LogP contribution in [0.15, 0.2) is 59.5 Å². The lowest BCUT2D eigenvalue weighted by Gasteiger charge is -2.20. The summed E-state index contributed by atoms with van der Waals surface area (Å²) in [4.78, 5) is 13.1. The molecular weight excluding hydrogens is 431 g/mol. The maximum Gasteiger partial charge on any atom is 0.367 e. The van der Waals surface area contributed by atoms with E-state index in [0.29, 0.717) is 28.2 Å². The van der Waals surface area contributed by atoms with Gasteiger partial charge in [-0.3, -0.25) is 0 Å². The zero-order valence-corrected chi connectivity index (χ0v) is 18.5. The Kier molecular flexibility index (Phi) is 5.55. The quantitative estimate of drug-likeness (QED) is 0.375. The van der Waals surface area contributed by atoms with Crippen LogP contribution in [0.4, 0.5) is 0 Å². The van der Waals surface area contributed by atoms with Gasteiger partial charge in [-0.25, -0.2) is 9.48 Å². The van der Waals surface area contributed by atoms with Crippen molar-refractivity contribution in [1.82, 2.24) is 19.4 Å². The predicted octanol–water partition coefficient (Wildman–Crippen LogP) is 6.11. The van der Waals surface area contributed by atoms with Crippen LogP contribution >= 0.6 is 23.2 Å². The SMILES string of the molecule is O=c1n(CC2CCCCC2)nc2c(-c3ccc(Cl)cc3)c(-c3ccc(Cl)cc3)cnn12.